The van der Waals surface area contributed by atoms with Gasteiger partial charge in [-0.2, -0.15) is 5.10 Å². The number of aromatic nitrogens is 3. The van der Waals surface area contributed by atoms with E-state index < -0.39 is 0 Å². The molecule has 1 saturated heterocycles. The Bertz CT molecular complexity index is 965. The largest absolute Gasteiger partial charge is 0.492 e. The van der Waals surface area contributed by atoms with Crippen molar-refractivity contribution in [1.82, 2.24) is 19.2 Å². The fraction of sp³-hybridized carbons (Fsp3) is 0.591. The number of carbonyl (C=O) groups is 1. The molecule has 4 rings (SSSR count). The summed E-state index contributed by atoms with van der Waals surface area (Å²) in [6.45, 7) is 4.54. The van der Waals surface area contributed by atoms with Gasteiger partial charge in [-0.3, -0.25) is 4.57 Å². The number of piperidine rings is 1. The number of methoxy groups -OCH3 is 1. The normalized spacial score (nSPS) is 18.8. The zero-order chi connectivity index (χ0) is 21.8. The second kappa shape index (κ2) is 9.55. The minimum atomic E-state index is -0.156. The smallest absolute Gasteiger partial charge is 0.346 e. The number of likely N-dealkylation sites (tertiary alicyclic amines) is 1. The highest BCUT2D eigenvalue weighted by Gasteiger charge is 2.35. The SMILES string of the molecule is CCOc1ccccc1NC(=O)N1CCCC(c2nn(CCOC)c(=O)n2C2CC2)C1. The molecule has 0 radical (unpaired) electrons. The number of para-hydroxylation sites is 2. The van der Waals surface area contributed by atoms with Gasteiger partial charge in [-0.15, -0.1) is 0 Å². The van der Waals surface area contributed by atoms with Crippen molar-refractivity contribution in [2.75, 3.05) is 38.7 Å². The number of urea groups is 1. The predicted molar refractivity (Wildman–Crippen MR) is 117 cm³/mol. The highest BCUT2D eigenvalue weighted by atomic mass is 16.5. The Labute approximate surface area is 181 Å². The summed E-state index contributed by atoms with van der Waals surface area (Å²) in [6.07, 6.45) is 3.80. The van der Waals surface area contributed by atoms with E-state index in [2.05, 4.69) is 10.4 Å². The van der Waals surface area contributed by atoms with Crippen LogP contribution in [0, 0.1) is 0 Å². The first-order valence-electron chi connectivity index (χ1n) is 11.1. The minimum Gasteiger partial charge on any atom is -0.492 e. The van der Waals surface area contributed by atoms with Crippen LogP contribution in [0.15, 0.2) is 29.1 Å². The van der Waals surface area contributed by atoms with Gasteiger partial charge in [0.2, 0.25) is 0 Å². The molecule has 2 aromatic rings. The molecule has 2 aliphatic rings. The van der Waals surface area contributed by atoms with Crippen LogP contribution in [0.1, 0.15) is 50.4 Å². The van der Waals surface area contributed by atoms with E-state index in [0.717, 1.165) is 31.5 Å². The quantitative estimate of drug-likeness (QED) is 0.697. The van der Waals surface area contributed by atoms with Gasteiger partial charge in [0.05, 0.1) is 25.4 Å². The molecule has 31 heavy (non-hydrogen) atoms. The van der Waals surface area contributed by atoms with Gasteiger partial charge in [0.1, 0.15) is 11.6 Å². The van der Waals surface area contributed by atoms with E-state index in [9.17, 15) is 9.59 Å². The number of ether oxygens (including phenoxy) is 2. The average molecular weight is 430 g/mol. The highest BCUT2D eigenvalue weighted by Crippen LogP contribution is 2.37. The predicted octanol–water partition coefficient (Wildman–Crippen LogP) is 2.84. The van der Waals surface area contributed by atoms with E-state index in [1.807, 2.05) is 40.7 Å². The number of hydrogen-bond donors (Lipinski definition) is 1. The fourth-order valence-electron chi connectivity index (χ4n) is 4.13. The summed E-state index contributed by atoms with van der Waals surface area (Å²) in [4.78, 5) is 27.7. The molecule has 0 bridgehead atoms. The van der Waals surface area contributed by atoms with Crippen LogP contribution >= 0.6 is 0 Å². The first kappa shape index (κ1) is 21.4. The number of benzene rings is 1. The summed E-state index contributed by atoms with van der Waals surface area (Å²) in [7, 11) is 1.62. The van der Waals surface area contributed by atoms with Gasteiger partial charge in [-0.1, -0.05) is 12.1 Å². The zero-order valence-electron chi connectivity index (χ0n) is 18.2. The van der Waals surface area contributed by atoms with Gasteiger partial charge in [0.25, 0.3) is 0 Å². The lowest BCUT2D eigenvalue weighted by Crippen LogP contribution is -2.42. The van der Waals surface area contributed by atoms with Gasteiger partial charge in [0, 0.05) is 32.2 Å². The van der Waals surface area contributed by atoms with Crippen molar-refractivity contribution < 1.29 is 14.3 Å². The second-order valence-electron chi connectivity index (χ2n) is 8.10. The summed E-state index contributed by atoms with van der Waals surface area (Å²) in [5.41, 5.74) is 0.594. The van der Waals surface area contributed by atoms with Crippen LogP contribution in [0.3, 0.4) is 0 Å². The monoisotopic (exact) mass is 429 g/mol. The second-order valence-corrected chi connectivity index (χ2v) is 8.10. The Kier molecular flexibility index (Phi) is 6.60. The molecule has 2 amide bonds. The Morgan fingerprint density at radius 1 is 1.26 bits per heavy atom. The molecule has 1 aromatic heterocycles. The molecular weight excluding hydrogens is 398 g/mol. The Morgan fingerprint density at radius 2 is 2.06 bits per heavy atom. The number of nitrogens with zero attached hydrogens (tertiary/aromatic N) is 4. The maximum absolute atomic E-state index is 13.0. The first-order valence-corrected chi connectivity index (χ1v) is 11.1. The van der Waals surface area contributed by atoms with E-state index in [1.165, 1.54) is 4.68 Å². The Balaban J connectivity index is 1.50. The van der Waals surface area contributed by atoms with Crippen LogP contribution in [-0.4, -0.2) is 58.7 Å². The Morgan fingerprint density at radius 3 is 2.81 bits per heavy atom. The third kappa shape index (κ3) is 4.76. The van der Waals surface area contributed by atoms with Crippen molar-refractivity contribution >= 4 is 11.7 Å². The lowest BCUT2D eigenvalue weighted by Gasteiger charge is -2.32. The lowest BCUT2D eigenvalue weighted by atomic mass is 9.97. The molecule has 1 saturated carbocycles. The summed E-state index contributed by atoms with van der Waals surface area (Å²) in [5, 5.41) is 7.64. The molecular formula is C22H31N5O4. The number of hydrogen-bond acceptors (Lipinski definition) is 5. The Hall–Kier alpha value is -2.81. The highest BCUT2D eigenvalue weighted by molar-refractivity contribution is 5.91. The van der Waals surface area contributed by atoms with Crippen molar-refractivity contribution in [3.63, 3.8) is 0 Å². The van der Waals surface area contributed by atoms with Crippen molar-refractivity contribution in [3.8, 4) is 5.75 Å². The molecule has 2 fully saturated rings. The third-order valence-corrected chi connectivity index (χ3v) is 5.82. The van der Waals surface area contributed by atoms with E-state index in [0.29, 0.717) is 44.3 Å². The lowest BCUT2D eigenvalue weighted by molar-refractivity contribution is 0.181. The molecule has 0 spiro atoms. The molecule has 168 valence electrons. The van der Waals surface area contributed by atoms with E-state index in [4.69, 9.17) is 9.47 Å². The molecule has 1 aromatic carbocycles. The minimum absolute atomic E-state index is 0.0405. The first-order chi connectivity index (χ1) is 15.1. The number of nitrogens with one attached hydrogen (secondary N) is 1. The number of anilines is 1. The average Bonchev–Trinajstić information content (AvgIpc) is 3.57. The van der Waals surface area contributed by atoms with Gasteiger partial charge in [-0.25, -0.2) is 14.3 Å². The summed E-state index contributed by atoms with van der Waals surface area (Å²) < 4.78 is 14.1. The molecule has 9 nitrogen and oxygen atoms in total. The van der Waals surface area contributed by atoms with Crippen LogP contribution < -0.4 is 15.7 Å². The van der Waals surface area contributed by atoms with Crippen LogP contribution in [0.2, 0.25) is 0 Å². The molecule has 1 N–H and O–H groups in total. The van der Waals surface area contributed by atoms with E-state index in [1.54, 1.807) is 7.11 Å². The maximum Gasteiger partial charge on any atom is 0.346 e. The van der Waals surface area contributed by atoms with Crippen LogP contribution in [-0.2, 0) is 11.3 Å². The van der Waals surface area contributed by atoms with Crippen molar-refractivity contribution in [1.29, 1.82) is 0 Å². The van der Waals surface area contributed by atoms with Crippen LogP contribution in [0.4, 0.5) is 10.5 Å². The molecule has 1 atom stereocenters. The number of rotatable bonds is 8. The summed E-state index contributed by atoms with van der Waals surface area (Å²) in [5.74, 6) is 1.50. The van der Waals surface area contributed by atoms with Gasteiger partial charge < -0.3 is 19.7 Å². The summed E-state index contributed by atoms with van der Waals surface area (Å²) in [6, 6.07) is 7.52. The molecule has 1 unspecified atom stereocenters. The van der Waals surface area contributed by atoms with E-state index in [-0.39, 0.29) is 23.7 Å². The van der Waals surface area contributed by atoms with Gasteiger partial charge in [0.15, 0.2) is 0 Å². The molecule has 2 heterocycles. The molecule has 9 heteroatoms. The van der Waals surface area contributed by atoms with Gasteiger partial charge in [-0.05, 0) is 44.7 Å². The zero-order valence-corrected chi connectivity index (χ0v) is 18.2. The number of carbonyl (C=O) groups excluding carboxylic acids is 1. The van der Waals surface area contributed by atoms with Crippen molar-refractivity contribution in [2.45, 2.75) is 51.1 Å². The standard InChI is InChI=1S/C22H31N5O4/c1-3-31-19-9-5-4-8-18(19)23-21(28)25-12-6-7-16(15-25)20-24-26(13-14-30-2)22(29)27(20)17-10-11-17/h4-5,8-9,16-17H,3,6-7,10-15H2,1-2H3,(H,23,28). The topological polar surface area (TPSA) is 90.6 Å². The van der Waals surface area contributed by atoms with E-state index >= 15 is 0 Å². The molecule has 1 aliphatic carbocycles. The number of amides is 2. The summed E-state index contributed by atoms with van der Waals surface area (Å²) >= 11 is 0. The fourth-order valence-corrected chi connectivity index (χ4v) is 4.13. The maximum atomic E-state index is 13.0. The van der Waals surface area contributed by atoms with Gasteiger partial charge >= 0.3 is 11.7 Å². The molecule has 1 aliphatic heterocycles. The van der Waals surface area contributed by atoms with Crippen molar-refractivity contribution in [2.24, 2.45) is 0 Å². The third-order valence-electron chi connectivity index (χ3n) is 5.82. The van der Waals surface area contributed by atoms with Crippen LogP contribution in [0.25, 0.3) is 0 Å². The van der Waals surface area contributed by atoms with Crippen molar-refractivity contribution in [3.05, 3.63) is 40.6 Å². The van der Waals surface area contributed by atoms with Crippen LogP contribution in [0.5, 0.6) is 5.75 Å².